The second-order valence-corrected chi connectivity index (χ2v) is 2.80. The minimum atomic E-state index is -0.456. The summed E-state index contributed by atoms with van der Waals surface area (Å²) in [7, 11) is 0. The van der Waals surface area contributed by atoms with Crippen LogP contribution in [-0.4, -0.2) is 11.1 Å². The molecule has 0 radical (unpaired) electrons. The topological polar surface area (TPSA) is 55.5 Å². The molecule has 0 aliphatic rings. The summed E-state index contributed by atoms with van der Waals surface area (Å²) in [6, 6.07) is 4.35. The van der Waals surface area contributed by atoms with Crippen molar-refractivity contribution in [1.29, 1.82) is 0 Å². The van der Waals surface area contributed by atoms with Gasteiger partial charge in [0.2, 0.25) is 0 Å². The number of benzene rings is 1. The molecule has 0 aliphatic carbocycles. The lowest BCUT2D eigenvalue weighted by Gasteiger charge is -1.97. The number of nitro benzene ring substituents is 1. The van der Waals surface area contributed by atoms with Crippen LogP contribution in [0.4, 0.5) is 11.4 Å². The lowest BCUT2D eigenvalue weighted by atomic mass is 10.3. The first kappa shape index (κ1) is 9.73. The Kier molecular flexibility index (Phi) is 3.02. The second-order valence-electron chi connectivity index (χ2n) is 2.32. The van der Waals surface area contributed by atoms with E-state index < -0.39 is 4.92 Å². The Balaban J connectivity index is 3.18. The minimum Gasteiger partial charge on any atom is -0.260 e. The highest BCUT2D eigenvalue weighted by Gasteiger charge is 2.07. The van der Waals surface area contributed by atoms with Crippen LogP contribution in [0.2, 0.25) is 0 Å². The van der Waals surface area contributed by atoms with Crippen LogP contribution < -0.4 is 0 Å². The molecule has 0 spiro atoms. The maximum Gasteiger partial charge on any atom is 0.271 e. The standard InChI is InChI=1S/C8H8N2O2S/c1-2-9-7-5-6(10(11)12)3-4-8(7)13/h2-5,13H,1H3/b9-2+. The molecule has 4 nitrogen and oxygen atoms in total. The first-order chi connectivity index (χ1) is 6.15. The molecule has 5 heteroatoms. The van der Waals surface area contributed by atoms with Gasteiger partial charge in [-0.3, -0.25) is 15.1 Å². The van der Waals surface area contributed by atoms with Gasteiger partial charge in [0.05, 0.1) is 10.6 Å². The van der Waals surface area contributed by atoms with Gasteiger partial charge in [-0.1, -0.05) is 0 Å². The quantitative estimate of drug-likeness (QED) is 0.342. The smallest absolute Gasteiger partial charge is 0.260 e. The highest BCUT2D eigenvalue weighted by Crippen LogP contribution is 2.27. The number of hydrogen-bond donors (Lipinski definition) is 1. The van der Waals surface area contributed by atoms with Crippen molar-refractivity contribution < 1.29 is 4.92 Å². The Labute approximate surface area is 80.9 Å². The zero-order valence-electron chi connectivity index (χ0n) is 6.97. The van der Waals surface area contributed by atoms with Crippen molar-refractivity contribution in [2.75, 3.05) is 0 Å². The molecule has 0 saturated carbocycles. The Morgan fingerprint density at radius 3 is 2.85 bits per heavy atom. The van der Waals surface area contributed by atoms with Crippen molar-refractivity contribution in [3.8, 4) is 0 Å². The van der Waals surface area contributed by atoms with Crippen molar-refractivity contribution in [3.63, 3.8) is 0 Å². The number of hydrogen-bond acceptors (Lipinski definition) is 4. The molecule has 0 saturated heterocycles. The van der Waals surface area contributed by atoms with Gasteiger partial charge in [0.1, 0.15) is 0 Å². The van der Waals surface area contributed by atoms with E-state index >= 15 is 0 Å². The van der Waals surface area contributed by atoms with Crippen molar-refractivity contribution in [2.24, 2.45) is 4.99 Å². The maximum absolute atomic E-state index is 10.4. The Morgan fingerprint density at radius 1 is 1.62 bits per heavy atom. The predicted molar refractivity (Wildman–Crippen MR) is 54.2 cm³/mol. The largest absolute Gasteiger partial charge is 0.271 e. The average Bonchev–Trinajstić information content (AvgIpc) is 2.08. The van der Waals surface area contributed by atoms with Gasteiger partial charge in [-0.2, -0.15) is 0 Å². The fourth-order valence-corrected chi connectivity index (χ4v) is 1.06. The molecule has 0 N–H and O–H groups in total. The Morgan fingerprint density at radius 2 is 2.31 bits per heavy atom. The molecule has 0 aromatic heterocycles. The van der Waals surface area contributed by atoms with E-state index in [1.54, 1.807) is 19.2 Å². The normalized spacial score (nSPS) is 10.6. The second kappa shape index (κ2) is 4.04. The lowest BCUT2D eigenvalue weighted by Crippen LogP contribution is -1.86. The molecule has 0 amide bonds. The van der Waals surface area contributed by atoms with Crippen LogP contribution in [0.3, 0.4) is 0 Å². The number of non-ortho nitro benzene ring substituents is 1. The maximum atomic E-state index is 10.4. The van der Waals surface area contributed by atoms with E-state index in [1.807, 2.05) is 0 Å². The molecule has 1 aromatic carbocycles. The number of aliphatic imine (C=N–C) groups is 1. The number of thiol groups is 1. The summed E-state index contributed by atoms with van der Waals surface area (Å²) < 4.78 is 0. The van der Waals surface area contributed by atoms with Gasteiger partial charge in [0.25, 0.3) is 5.69 Å². The SMILES string of the molecule is C/C=N/c1cc([N+](=O)[O-])ccc1S. The monoisotopic (exact) mass is 196 g/mol. The molecule has 0 fully saturated rings. The van der Waals surface area contributed by atoms with Crippen molar-refractivity contribution >= 4 is 30.2 Å². The van der Waals surface area contributed by atoms with Crippen LogP contribution in [0.5, 0.6) is 0 Å². The third kappa shape index (κ3) is 2.29. The summed E-state index contributed by atoms with van der Waals surface area (Å²) in [4.78, 5) is 14.5. The molecule has 1 aromatic rings. The van der Waals surface area contributed by atoms with Crippen LogP contribution in [0.25, 0.3) is 0 Å². The Bertz CT molecular complexity index is 363. The average molecular weight is 196 g/mol. The van der Waals surface area contributed by atoms with Gasteiger partial charge in [0, 0.05) is 23.2 Å². The van der Waals surface area contributed by atoms with E-state index in [9.17, 15) is 10.1 Å². The molecular formula is C8H8N2O2S. The number of nitro groups is 1. The first-order valence-electron chi connectivity index (χ1n) is 3.61. The number of nitrogens with zero attached hydrogens (tertiary/aromatic N) is 2. The summed E-state index contributed by atoms with van der Waals surface area (Å²) in [6.07, 6.45) is 1.57. The van der Waals surface area contributed by atoms with Crippen LogP contribution in [0.15, 0.2) is 28.1 Å². The lowest BCUT2D eigenvalue weighted by molar-refractivity contribution is -0.384. The molecule has 1 rings (SSSR count). The van der Waals surface area contributed by atoms with Gasteiger partial charge < -0.3 is 0 Å². The highest BCUT2D eigenvalue weighted by atomic mass is 32.1. The summed E-state index contributed by atoms with van der Waals surface area (Å²) in [6.45, 7) is 1.74. The van der Waals surface area contributed by atoms with E-state index in [0.29, 0.717) is 10.6 Å². The van der Waals surface area contributed by atoms with Crippen LogP contribution in [-0.2, 0) is 0 Å². The van der Waals surface area contributed by atoms with Gasteiger partial charge in [-0.05, 0) is 13.0 Å². The molecular weight excluding hydrogens is 188 g/mol. The van der Waals surface area contributed by atoms with Crippen LogP contribution in [0, 0.1) is 10.1 Å². The molecule has 0 bridgehead atoms. The summed E-state index contributed by atoms with van der Waals surface area (Å²) in [5.74, 6) is 0. The summed E-state index contributed by atoms with van der Waals surface area (Å²) >= 11 is 4.11. The van der Waals surface area contributed by atoms with Crippen molar-refractivity contribution in [2.45, 2.75) is 11.8 Å². The zero-order valence-corrected chi connectivity index (χ0v) is 7.86. The molecule has 0 unspecified atom stereocenters. The number of rotatable bonds is 2. The molecule has 0 heterocycles. The third-order valence-corrected chi connectivity index (χ3v) is 1.82. The summed E-state index contributed by atoms with van der Waals surface area (Å²) in [5, 5.41) is 10.4. The van der Waals surface area contributed by atoms with E-state index in [-0.39, 0.29) is 5.69 Å². The van der Waals surface area contributed by atoms with Gasteiger partial charge in [0.15, 0.2) is 0 Å². The van der Waals surface area contributed by atoms with E-state index in [4.69, 9.17) is 0 Å². The van der Waals surface area contributed by atoms with Crippen LogP contribution in [0.1, 0.15) is 6.92 Å². The van der Waals surface area contributed by atoms with E-state index in [2.05, 4.69) is 17.6 Å². The molecule has 0 aliphatic heterocycles. The van der Waals surface area contributed by atoms with E-state index in [1.165, 1.54) is 12.1 Å². The summed E-state index contributed by atoms with van der Waals surface area (Å²) in [5.41, 5.74) is 0.540. The fourth-order valence-electron chi connectivity index (χ4n) is 0.868. The van der Waals surface area contributed by atoms with Crippen molar-refractivity contribution in [3.05, 3.63) is 28.3 Å². The molecule has 68 valence electrons. The van der Waals surface area contributed by atoms with Crippen molar-refractivity contribution in [1.82, 2.24) is 0 Å². The molecule has 0 atom stereocenters. The molecule has 13 heavy (non-hydrogen) atoms. The van der Waals surface area contributed by atoms with Crippen LogP contribution >= 0.6 is 12.6 Å². The Hall–Kier alpha value is -1.36. The van der Waals surface area contributed by atoms with Gasteiger partial charge in [-0.25, -0.2) is 0 Å². The predicted octanol–water partition coefficient (Wildman–Crippen LogP) is 2.61. The zero-order chi connectivity index (χ0) is 9.84. The van der Waals surface area contributed by atoms with Gasteiger partial charge in [-0.15, -0.1) is 12.6 Å². The van der Waals surface area contributed by atoms with E-state index in [0.717, 1.165) is 0 Å². The fraction of sp³-hybridized carbons (Fsp3) is 0.125. The third-order valence-electron chi connectivity index (χ3n) is 1.44. The van der Waals surface area contributed by atoms with Gasteiger partial charge >= 0.3 is 0 Å². The first-order valence-corrected chi connectivity index (χ1v) is 4.06. The highest BCUT2D eigenvalue weighted by molar-refractivity contribution is 7.80. The minimum absolute atomic E-state index is 0.0263.